The Morgan fingerprint density at radius 2 is 1.76 bits per heavy atom. The summed E-state index contributed by atoms with van der Waals surface area (Å²) in [6, 6.07) is 10.1. The lowest BCUT2D eigenvalue weighted by Crippen LogP contribution is -2.11. The number of hydrogen-bond acceptors (Lipinski definition) is 4. The molecule has 1 aromatic carbocycles. The van der Waals surface area contributed by atoms with E-state index in [1.807, 2.05) is 18.2 Å². The van der Waals surface area contributed by atoms with Crippen LogP contribution in [0.3, 0.4) is 0 Å². The minimum Gasteiger partial charge on any atom is -0.318 e. The largest absolute Gasteiger partial charge is 0.318 e. The fraction of sp³-hybridized carbons (Fsp3) is 0.529. The Hall–Kier alpha value is -1.26. The van der Waals surface area contributed by atoms with Gasteiger partial charge in [0.2, 0.25) is 0 Å². The highest BCUT2D eigenvalue weighted by atomic mass is 32.1. The van der Waals surface area contributed by atoms with Gasteiger partial charge in [-0.1, -0.05) is 41.7 Å². The third-order valence-corrected chi connectivity index (χ3v) is 7.01. The van der Waals surface area contributed by atoms with Crippen molar-refractivity contribution in [2.24, 2.45) is 29.4 Å². The average Bonchev–Trinajstić information content (AvgIpc) is 2.94. The van der Waals surface area contributed by atoms with E-state index in [1.54, 1.807) is 11.3 Å². The number of nitrogens with two attached hydrogens (primary N) is 1. The van der Waals surface area contributed by atoms with Gasteiger partial charge in [0.05, 0.1) is 6.04 Å². The van der Waals surface area contributed by atoms with E-state index < -0.39 is 0 Å². The minimum absolute atomic E-state index is 0.132. The summed E-state index contributed by atoms with van der Waals surface area (Å²) in [7, 11) is 0. The first kappa shape index (κ1) is 12.3. The molecule has 3 fully saturated rings. The quantitative estimate of drug-likeness (QED) is 0.945. The molecule has 3 aliphatic rings. The lowest BCUT2D eigenvalue weighted by Gasteiger charge is -2.07. The molecule has 4 heteroatoms. The van der Waals surface area contributed by atoms with Crippen molar-refractivity contribution in [1.82, 2.24) is 10.2 Å². The maximum Gasteiger partial charge on any atom is 0.138 e. The molecular weight excluding hydrogens is 278 g/mol. The van der Waals surface area contributed by atoms with Crippen LogP contribution >= 0.6 is 11.3 Å². The van der Waals surface area contributed by atoms with Crippen molar-refractivity contribution >= 4 is 11.3 Å². The fourth-order valence-corrected chi connectivity index (χ4v) is 6.06. The van der Waals surface area contributed by atoms with Crippen molar-refractivity contribution < 1.29 is 0 Å². The first-order chi connectivity index (χ1) is 10.3. The molecule has 1 aromatic heterocycles. The molecule has 5 rings (SSSR count). The van der Waals surface area contributed by atoms with Crippen LogP contribution in [-0.4, -0.2) is 10.2 Å². The number of aromatic nitrogens is 2. The highest BCUT2D eigenvalue weighted by Gasteiger charge is 2.66. The van der Waals surface area contributed by atoms with E-state index in [1.165, 1.54) is 24.3 Å². The Balaban J connectivity index is 1.39. The maximum absolute atomic E-state index is 6.34. The van der Waals surface area contributed by atoms with E-state index in [2.05, 4.69) is 22.3 Å². The fourth-order valence-electron chi connectivity index (χ4n) is 4.97. The molecule has 3 aliphatic carbocycles. The highest BCUT2D eigenvalue weighted by molar-refractivity contribution is 7.11. The number of benzene rings is 1. The van der Waals surface area contributed by atoms with Crippen molar-refractivity contribution in [3.63, 3.8) is 0 Å². The molecule has 0 amide bonds. The topological polar surface area (TPSA) is 51.8 Å². The smallest absolute Gasteiger partial charge is 0.138 e. The zero-order chi connectivity index (χ0) is 14.0. The molecule has 2 bridgehead atoms. The molecule has 0 radical (unpaired) electrons. The van der Waals surface area contributed by atoms with Gasteiger partial charge in [0, 0.05) is 5.92 Å². The molecule has 108 valence electrons. The molecule has 0 aliphatic heterocycles. The number of fused-ring (bicyclic) bond motifs is 5. The van der Waals surface area contributed by atoms with Gasteiger partial charge in [-0.15, -0.1) is 10.2 Å². The molecule has 1 heterocycles. The third kappa shape index (κ3) is 1.75. The predicted octanol–water partition coefficient (Wildman–Crippen LogP) is 3.35. The summed E-state index contributed by atoms with van der Waals surface area (Å²) in [4.78, 5) is 0. The van der Waals surface area contributed by atoms with Gasteiger partial charge in [-0.2, -0.15) is 0 Å². The molecule has 5 unspecified atom stereocenters. The van der Waals surface area contributed by atoms with E-state index in [4.69, 9.17) is 5.73 Å². The number of nitrogens with zero attached hydrogens (tertiary/aromatic N) is 2. The van der Waals surface area contributed by atoms with Crippen LogP contribution in [-0.2, 0) is 0 Å². The van der Waals surface area contributed by atoms with Crippen molar-refractivity contribution in [3.8, 4) is 0 Å². The van der Waals surface area contributed by atoms with Gasteiger partial charge in [0.15, 0.2) is 0 Å². The maximum atomic E-state index is 6.34. The van der Waals surface area contributed by atoms with Gasteiger partial charge in [-0.3, -0.25) is 0 Å². The van der Waals surface area contributed by atoms with Crippen LogP contribution in [0.4, 0.5) is 0 Å². The van der Waals surface area contributed by atoms with Crippen molar-refractivity contribution in [2.75, 3.05) is 0 Å². The van der Waals surface area contributed by atoms with Gasteiger partial charge in [-0.05, 0) is 48.5 Å². The van der Waals surface area contributed by atoms with Crippen LogP contribution in [0.15, 0.2) is 30.3 Å². The summed E-state index contributed by atoms with van der Waals surface area (Å²) >= 11 is 1.75. The summed E-state index contributed by atoms with van der Waals surface area (Å²) in [6.07, 6.45) is 4.40. The molecule has 0 saturated heterocycles. The van der Waals surface area contributed by atoms with Crippen molar-refractivity contribution in [1.29, 1.82) is 0 Å². The summed E-state index contributed by atoms with van der Waals surface area (Å²) in [5.74, 6) is 4.54. The van der Waals surface area contributed by atoms with Crippen molar-refractivity contribution in [2.45, 2.75) is 31.2 Å². The zero-order valence-corrected chi connectivity index (χ0v) is 12.7. The van der Waals surface area contributed by atoms with E-state index >= 15 is 0 Å². The summed E-state index contributed by atoms with van der Waals surface area (Å²) in [6.45, 7) is 0. The van der Waals surface area contributed by atoms with Gasteiger partial charge >= 0.3 is 0 Å². The molecule has 21 heavy (non-hydrogen) atoms. The second kappa shape index (κ2) is 4.37. The Morgan fingerprint density at radius 3 is 2.48 bits per heavy atom. The molecule has 2 aromatic rings. The summed E-state index contributed by atoms with van der Waals surface area (Å²) in [5, 5.41) is 11.1. The Kier molecular flexibility index (Phi) is 2.56. The first-order valence-corrected chi connectivity index (χ1v) is 8.78. The Labute approximate surface area is 128 Å². The van der Waals surface area contributed by atoms with Crippen LogP contribution < -0.4 is 5.73 Å². The van der Waals surface area contributed by atoms with E-state index in [-0.39, 0.29) is 6.04 Å². The van der Waals surface area contributed by atoms with Crippen LogP contribution in [0.2, 0.25) is 0 Å². The molecule has 0 spiro atoms. The summed E-state index contributed by atoms with van der Waals surface area (Å²) in [5.41, 5.74) is 7.46. The number of hydrogen-bond donors (Lipinski definition) is 1. The zero-order valence-electron chi connectivity index (χ0n) is 11.9. The lowest BCUT2D eigenvalue weighted by molar-refractivity contribution is 0.456. The lowest BCUT2D eigenvalue weighted by atomic mass is 10.0. The van der Waals surface area contributed by atoms with Crippen LogP contribution in [0.1, 0.15) is 46.8 Å². The van der Waals surface area contributed by atoms with Gasteiger partial charge < -0.3 is 5.73 Å². The normalized spacial score (nSPS) is 37.5. The average molecular weight is 297 g/mol. The molecule has 3 saturated carbocycles. The summed E-state index contributed by atoms with van der Waals surface area (Å²) < 4.78 is 0. The molecule has 3 nitrogen and oxygen atoms in total. The van der Waals surface area contributed by atoms with Crippen LogP contribution in [0.25, 0.3) is 0 Å². The minimum atomic E-state index is -0.132. The third-order valence-electron chi connectivity index (χ3n) is 5.90. The van der Waals surface area contributed by atoms with E-state index in [0.29, 0.717) is 5.92 Å². The second-order valence-corrected chi connectivity index (χ2v) is 7.92. The molecule has 2 N–H and O–H groups in total. The van der Waals surface area contributed by atoms with E-state index in [9.17, 15) is 0 Å². The standard InChI is InChI=1S/C17H19N3S/c18-15(9-4-2-1-3-5-9)17-20-19-16(21-17)14-12-10-6-7-11(8-10)13(12)14/h1-5,10-15H,6-8,18H2. The molecule has 5 atom stereocenters. The van der Waals surface area contributed by atoms with Crippen LogP contribution in [0.5, 0.6) is 0 Å². The Bertz CT molecular complexity index is 652. The SMILES string of the molecule is NC(c1ccccc1)c1nnc(C2C3C4CCC(C4)C23)s1. The number of rotatable bonds is 3. The van der Waals surface area contributed by atoms with Gasteiger partial charge in [0.1, 0.15) is 10.0 Å². The predicted molar refractivity (Wildman–Crippen MR) is 82.9 cm³/mol. The van der Waals surface area contributed by atoms with Crippen LogP contribution in [0, 0.1) is 23.7 Å². The van der Waals surface area contributed by atoms with Gasteiger partial charge in [-0.25, -0.2) is 0 Å². The molecular formula is C17H19N3S. The van der Waals surface area contributed by atoms with E-state index in [0.717, 1.165) is 34.2 Å². The first-order valence-electron chi connectivity index (χ1n) is 7.97. The Morgan fingerprint density at radius 1 is 1.05 bits per heavy atom. The second-order valence-electron chi connectivity index (χ2n) is 6.88. The van der Waals surface area contributed by atoms with Crippen molar-refractivity contribution in [3.05, 3.63) is 45.9 Å². The van der Waals surface area contributed by atoms with Gasteiger partial charge in [0.25, 0.3) is 0 Å². The highest BCUT2D eigenvalue weighted by Crippen LogP contribution is 2.73. The monoisotopic (exact) mass is 297 g/mol.